The number of fused-ring (bicyclic) bond motifs is 2. The summed E-state index contributed by atoms with van der Waals surface area (Å²) in [5.74, 6) is -3.00. The van der Waals surface area contributed by atoms with Gasteiger partial charge in [0.2, 0.25) is 5.79 Å². The molecule has 0 aromatic carbocycles. The summed E-state index contributed by atoms with van der Waals surface area (Å²) < 4.78 is 46.7. The maximum Gasteiger partial charge on any atom is 0.256 e. The first-order valence-corrected chi connectivity index (χ1v) is 11.6. The van der Waals surface area contributed by atoms with Crippen LogP contribution in [0.2, 0.25) is 0 Å². The van der Waals surface area contributed by atoms with Gasteiger partial charge in [0, 0.05) is 26.6 Å². The van der Waals surface area contributed by atoms with Crippen molar-refractivity contribution in [3.05, 3.63) is 12.2 Å². The van der Waals surface area contributed by atoms with Crippen molar-refractivity contribution in [1.29, 1.82) is 0 Å². The molecule has 1 amide bonds. The molecule has 4 saturated heterocycles. The van der Waals surface area contributed by atoms with Crippen molar-refractivity contribution in [3.63, 3.8) is 0 Å². The Morgan fingerprint density at radius 1 is 1.18 bits per heavy atom. The molecule has 0 saturated carbocycles. The zero-order valence-electron chi connectivity index (χ0n) is 20.6. The molecule has 194 valence electrons. The largest absolute Gasteiger partial charge is 0.378 e. The third-order valence-corrected chi connectivity index (χ3v) is 7.27. The molecule has 10 unspecified atom stereocenters. The highest BCUT2D eigenvalue weighted by atomic mass is 16.8. The molecular formula is C23H37NO10. The molecule has 4 heterocycles. The number of hydrogen-bond donors (Lipinski definition) is 2. The van der Waals surface area contributed by atoms with E-state index in [1.165, 1.54) is 7.11 Å². The van der Waals surface area contributed by atoms with Gasteiger partial charge < -0.3 is 48.3 Å². The minimum atomic E-state index is -1.63. The highest BCUT2D eigenvalue weighted by Crippen LogP contribution is 2.39. The quantitative estimate of drug-likeness (QED) is 0.528. The molecule has 34 heavy (non-hydrogen) atoms. The van der Waals surface area contributed by atoms with E-state index in [0.29, 0.717) is 0 Å². The topological polar surface area (TPSA) is 123 Å². The molecule has 2 N–H and O–H groups in total. The SMILES string of the molecule is C=C1CC(OC)(C(O)C(=O)NC2OCOC3C2OC2COC(C)(C)OC2C3OC)OC(C)C1C. The van der Waals surface area contributed by atoms with Gasteiger partial charge in [0.25, 0.3) is 5.91 Å². The number of rotatable bonds is 5. The highest BCUT2D eigenvalue weighted by Gasteiger charge is 2.57. The van der Waals surface area contributed by atoms with Gasteiger partial charge in [-0.1, -0.05) is 19.1 Å². The minimum Gasteiger partial charge on any atom is -0.378 e. The molecule has 0 aromatic heterocycles. The Morgan fingerprint density at radius 2 is 1.91 bits per heavy atom. The fourth-order valence-electron chi connectivity index (χ4n) is 5.05. The lowest BCUT2D eigenvalue weighted by Crippen LogP contribution is -2.71. The second-order valence-corrected chi connectivity index (χ2v) is 9.84. The van der Waals surface area contributed by atoms with Crippen molar-refractivity contribution < 1.29 is 47.8 Å². The molecule has 11 nitrogen and oxygen atoms in total. The van der Waals surface area contributed by atoms with E-state index in [9.17, 15) is 9.90 Å². The predicted molar refractivity (Wildman–Crippen MR) is 116 cm³/mol. The van der Waals surface area contributed by atoms with Crippen LogP contribution in [0.4, 0.5) is 0 Å². The predicted octanol–water partition coefficient (Wildman–Crippen LogP) is 0.440. The maximum absolute atomic E-state index is 13.2. The third kappa shape index (κ3) is 4.65. The number of aliphatic hydroxyl groups is 1. The van der Waals surface area contributed by atoms with Crippen LogP contribution < -0.4 is 5.32 Å². The lowest BCUT2D eigenvalue weighted by Gasteiger charge is -2.53. The van der Waals surface area contributed by atoms with Gasteiger partial charge in [-0.2, -0.15) is 0 Å². The van der Waals surface area contributed by atoms with Gasteiger partial charge in [-0.05, 0) is 20.8 Å². The van der Waals surface area contributed by atoms with Crippen LogP contribution in [0, 0.1) is 5.92 Å². The molecular weight excluding hydrogens is 450 g/mol. The van der Waals surface area contributed by atoms with E-state index in [4.69, 9.17) is 37.9 Å². The Kier molecular flexibility index (Phi) is 7.41. The monoisotopic (exact) mass is 487 g/mol. The molecule has 0 spiro atoms. The van der Waals surface area contributed by atoms with Crippen molar-refractivity contribution >= 4 is 5.91 Å². The molecule has 0 aliphatic carbocycles. The lowest BCUT2D eigenvalue weighted by atomic mass is 9.85. The second kappa shape index (κ2) is 9.72. The molecule has 0 aromatic rings. The van der Waals surface area contributed by atoms with E-state index < -0.39 is 60.3 Å². The van der Waals surface area contributed by atoms with Gasteiger partial charge in [-0.3, -0.25) is 4.79 Å². The summed E-state index contributed by atoms with van der Waals surface area (Å²) in [4.78, 5) is 13.2. The van der Waals surface area contributed by atoms with Crippen LogP contribution in [0.5, 0.6) is 0 Å². The standard InChI is InChI=1S/C23H37NO10/c1-11-8-23(28-7,33-13(3)12(11)2)19(25)20(26)24-21-18-17(29-10-30-21)16(27-6)15-14(32-18)9-31-22(4,5)34-15/h12-19,21,25H,1,8-10H2,2-7H3,(H,24,26). The van der Waals surface area contributed by atoms with E-state index in [0.717, 1.165) is 5.57 Å². The minimum absolute atomic E-state index is 0.0672. The van der Waals surface area contributed by atoms with E-state index in [-0.39, 0.29) is 31.8 Å². The van der Waals surface area contributed by atoms with Crippen LogP contribution in [0.15, 0.2) is 12.2 Å². The molecule has 4 aliphatic heterocycles. The molecule has 0 bridgehead atoms. The highest BCUT2D eigenvalue weighted by molar-refractivity contribution is 5.82. The first-order valence-electron chi connectivity index (χ1n) is 11.6. The summed E-state index contributed by atoms with van der Waals surface area (Å²) in [6, 6.07) is 0. The second-order valence-electron chi connectivity index (χ2n) is 9.84. The van der Waals surface area contributed by atoms with Gasteiger partial charge in [0.1, 0.15) is 37.3 Å². The van der Waals surface area contributed by atoms with Gasteiger partial charge in [-0.15, -0.1) is 0 Å². The summed E-state index contributed by atoms with van der Waals surface area (Å²) in [7, 11) is 2.97. The van der Waals surface area contributed by atoms with Crippen LogP contribution in [0.1, 0.15) is 34.1 Å². The number of methoxy groups -OCH3 is 2. The van der Waals surface area contributed by atoms with Crippen LogP contribution in [-0.2, 0) is 42.7 Å². The van der Waals surface area contributed by atoms with Crippen molar-refractivity contribution in [2.75, 3.05) is 27.6 Å². The summed E-state index contributed by atoms with van der Waals surface area (Å²) in [6.07, 6.45) is -5.29. The van der Waals surface area contributed by atoms with Gasteiger partial charge in [0.15, 0.2) is 18.1 Å². The van der Waals surface area contributed by atoms with Crippen molar-refractivity contribution in [2.45, 2.75) is 94.6 Å². The number of hydrogen-bond acceptors (Lipinski definition) is 10. The fraction of sp³-hybridized carbons (Fsp3) is 0.870. The average molecular weight is 488 g/mol. The summed E-state index contributed by atoms with van der Waals surface area (Å²) in [6.45, 7) is 11.7. The third-order valence-electron chi connectivity index (χ3n) is 7.27. The van der Waals surface area contributed by atoms with Crippen LogP contribution in [-0.4, -0.2) is 99.2 Å². The van der Waals surface area contributed by atoms with Crippen molar-refractivity contribution in [2.24, 2.45) is 5.92 Å². The average Bonchev–Trinajstić information content (AvgIpc) is 2.80. The number of carbonyl (C=O) groups excluding carboxylic acids is 1. The Balaban J connectivity index is 1.48. The van der Waals surface area contributed by atoms with Gasteiger partial charge in [-0.25, -0.2) is 0 Å². The Morgan fingerprint density at radius 3 is 2.56 bits per heavy atom. The van der Waals surface area contributed by atoms with Crippen LogP contribution in [0.25, 0.3) is 0 Å². The lowest BCUT2D eigenvalue weighted by molar-refractivity contribution is -0.387. The summed E-state index contributed by atoms with van der Waals surface area (Å²) in [5.41, 5.74) is 0.833. The Labute approximate surface area is 199 Å². The number of carbonyl (C=O) groups is 1. The molecule has 4 rings (SSSR count). The van der Waals surface area contributed by atoms with E-state index in [1.807, 2.05) is 27.7 Å². The molecule has 10 atom stereocenters. The van der Waals surface area contributed by atoms with Crippen LogP contribution >= 0.6 is 0 Å². The Bertz CT molecular complexity index is 777. The van der Waals surface area contributed by atoms with Gasteiger partial charge >= 0.3 is 0 Å². The number of amides is 1. The fourth-order valence-corrected chi connectivity index (χ4v) is 5.05. The van der Waals surface area contributed by atoms with Crippen molar-refractivity contribution in [1.82, 2.24) is 5.32 Å². The number of aliphatic hydroxyl groups excluding tert-OH is 1. The summed E-state index contributed by atoms with van der Waals surface area (Å²) >= 11 is 0. The van der Waals surface area contributed by atoms with Gasteiger partial charge in [0.05, 0.1) is 12.7 Å². The zero-order chi connectivity index (χ0) is 24.8. The number of ether oxygens (including phenoxy) is 8. The zero-order valence-corrected chi connectivity index (χ0v) is 20.6. The summed E-state index contributed by atoms with van der Waals surface area (Å²) in [5, 5.41) is 13.7. The van der Waals surface area contributed by atoms with E-state index >= 15 is 0 Å². The normalized spacial score (nSPS) is 45.1. The molecule has 4 fully saturated rings. The van der Waals surface area contributed by atoms with E-state index in [2.05, 4.69) is 11.9 Å². The first-order chi connectivity index (χ1) is 16.0. The smallest absolute Gasteiger partial charge is 0.256 e. The molecule has 0 radical (unpaired) electrons. The Hall–Kier alpha value is -1.15. The number of nitrogens with one attached hydrogen (secondary N) is 1. The maximum atomic E-state index is 13.2. The van der Waals surface area contributed by atoms with E-state index in [1.54, 1.807) is 7.11 Å². The molecule has 4 aliphatic rings. The van der Waals surface area contributed by atoms with Crippen molar-refractivity contribution in [3.8, 4) is 0 Å². The molecule has 11 heteroatoms. The van der Waals surface area contributed by atoms with Crippen LogP contribution in [0.3, 0.4) is 0 Å². The first kappa shape index (κ1) is 25.9.